The lowest BCUT2D eigenvalue weighted by Crippen LogP contribution is -2.31. The van der Waals surface area contributed by atoms with Crippen molar-refractivity contribution in [3.63, 3.8) is 0 Å². The van der Waals surface area contributed by atoms with Crippen LogP contribution >= 0.6 is 22.9 Å². The van der Waals surface area contributed by atoms with E-state index >= 15 is 0 Å². The Morgan fingerprint density at radius 1 is 1.03 bits per heavy atom. The van der Waals surface area contributed by atoms with Crippen LogP contribution in [0.2, 0.25) is 5.02 Å². The maximum absolute atomic E-state index is 12.4. The lowest BCUT2D eigenvalue weighted by atomic mass is 10.1. The molecule has 0 aliphatic rings. The number of Topliss-reactive ketones (excluding diaryl/α,β-unsaturated/α-hetero) is 1. The highest BCUT2D eigenvalue weighted by molar-refractivity contribution is 7.18. The van der Waals surface area contributed by atoms with Crippen LogP contribution in [0.4, 0.5) is 0 Å². The van der Waals surface area contributed by atoms with Gasteiger partial charge in [-0.25, -0.2) is 4.98 Å². The molecular formula is C26H23ClN2O3S. The molecule has 1 aromatic heterocycles. The number of thiazole rings is 1. The van der Waals surface area contributed by atoms with Crippen molar-refractivity contribution in [3.8, 4) is 16.9 Å². The molecule has 168 valence electrons. The summed E-state index contributed by atoms with van der Waals surface area (Å²) in [7, 11) is 0. The summed E-state index contributed by atoms with van der Waals surface area (Å²) >= 11 is 7.93. The van der Waals surface area contributed by atoms with E-state index in [1.807, 2.05) is 73.7 Å². The molecule has 0 bridgehead atoms. The summed E-state index contributed by atoms with van der Waals surface area (Å²) in [6.07, 6.45) is 0.378. The fourth-order valence-electron chi connectivity index (χ4n) is 3.47. The molecule has 0 saturated carbocycles. The lowest BCUT2D eigenvalue weighted by molar-refractivity contribution is -0.124. The fourth-order valence-corrected chi connectivity index (χ4v) is 4.72. The predicted molar refractivity (Wildman–Crippen MR) is 133 cm³/mol. The summed E-state index contributed by atoms with van der Waals surface area (Å²) in [6.45, 7) is 2.51. The average molecular weight is 479 g/mol. The number of hydrogen-bond acceptors (Lipinski definition) is 5. The molecule has 0 atom stereocenters. The normalized spacial score (nSPS) is 10.8. The third-order valence-corrected chi connectivity index (χ3v) is 6.37. The van der Waals surface area contributed by atoms with E-state index in [4.69, 9.17) is 16.3 Å². The van der Waals surface area contributed by atoms with Gasteiger partial charge < -0.3 is 10.1 Å². The summed E-state index contributed by atoms with van der Waals surface area (Å²) in [5.41, 5.74) is 3.61. The van der Waals surface area contributed by atoms with Gasteiger partial charge in [-0.2, -0.15) is 0 Å². The molecule has 1 N–H and O–H groups in total. The Hall–Kier alpha value is -3.22. The van der Waals surface area contributed by atoms with Crippen molar-refractivity contribution in [1.29, 1.82) is 0 Å². The first-order valence-electron chi connectivity index (χ1n) is 10.7. The van der Waals surface area contributed by atoms with E-state index < -0.39 is 0 Å². The smallest absolute Gasteiger partial charge is 0.227 e. The molecule has 0 aliphatic heterocycles. The van der Waals surface area contributed by atoms with Gasteiger partial charge in [-0.05, 0) is 42.3 Å². The lowest BCUT2D eigenvalue weighted by Gasteiger charge is -2.06. The Bertz CT molecular complexity index is 1270. The molecular weight excluding hydrogens is 456 g/mol. The molecule has 0 aliphatic carbocycles. The van der Waals surface area contributed by atoms with Crippen molar-refractivity contribution in [1.82, 2.24) is 10.3 Å². The van der Waals surface area contributed by atoms with Crippen LogP contribution in [0.5, 0.6) is 5.75 Å². The Morgan fingerprint density at radius 2 is 1.79 bits per heavy atom. The monoisotopic (exact) mass is 478 g/mol. The van der Waals surface area contributed by atoms with Crippen LogP contribution in [0.3, 0.4) is 0 Å². The highest BCUT2D eigenvalue weighted by Crippen LogP contribution is 2.34. The van der Waals surface area contributed by atoms with Crippen LogP contribution < -0.4 is 10.1 Å². The van der Waals surface area contributed by atoms with Crippen molar-refractivity contribution in [2.75, 3.05) is 13.2 Å². The molecule has 1 heterocycles. The van der Waals surface area contributed by atoms with Gasteiger partial charge in [-0.1, -0.05) is 54.1 Å². The summed E-state index contributed by atoms with van der Waals surface area (Å²) in [5.74, 6) is 0.481. The zero-order valence-electron chi connectivity index (χ0n) is 18.1. The van der Waals surface area contributed by atoms with E-state index in [0.29, 0.717) is 16.6 Å². The van der Waals surface area contributed by atoms with Gasteiger partial charge in [0.25, 0.3) is 0 Å². The second-order valence-corrected chi connectivity index (χ2v) is 9.04. The van der Waals surface area contributed by atoms with E-state index in [2.05, 4.69) is 10.3 Å². The Balaban J connectivity index is 1.34. The van der Waals surface area contributed by atoms with Gasteiger partial charge in [0.2, 0.25) is 5.91 Å². The van der Waals surface area contributed by atoms with Crippen LogP contribution in [0.1, 0.15) is 17.5 Å². The predicted octanol–water partition coefficient (Wildman–Crippen LogP) is 5.49. The van der Waals surface area contributed by atoms with Gasteiger partial charge in [-0.15, -0.1) is 11.3 Å². The van der Waals surface area contributed by atoms with Crippen molar-refractivity contribution in [3.05, 3.63) is 82.3 Å². The molecule has 0 fully saturated rings. The molecule has 1 amide bonds. The van der Waals surface area contributed by atoms with E-state index in [0.717, 1.165) is 32.7 Å². The Labute approximate surface area is 201 Å². The number of ketones is 1. The number of benzene rings is 3. The number of amides is 1. The van der Waals surface area contributed by atoms with Crippen LogP contribution in [0, 0.1) is 0 Å². The first-order chi connectivity index (χ1) is 16.0. The molecule has 4 rings (SSSR count). The summed E-state index contributed by atoms with van der Waals surface area (Å²) < 4.78 is 6.37. The molecule has 0 spiro atoms. The molecule has 0 radical (unpaired) electrons. The fraction of sp³-hybridized carbons (Fsp3) is 0.192. The molecule has 0 unspecified atom stereocenters. The first-order valence-corrected chi connectivity index (χ1v) is 11.9. The quantitative estimate of drug-likeness (QED) is 0.345. The molecule has 0 saturated heterocycles. The maximum Gasteiger partial charge on any atom is 0.227 e. The molecule has 7 heteroatoms. The minimum atomic E-state index is -0.233. The maximum atomic E-state index is 12.4. The van der Waals surface area contributed by atoms with Crippen LogP contribution in [0.25, 0.3) is 21.3 Å². The SMILES string of the molecule is CCOc1ccc(CC(=O)CNC(=O)Cc2nc3cc(Cl)c(-c4ccccc4)cc3s2)cc1. The standard InChI is InChI=1S/C26H23ClN2O3S/c1-2-32-20-10-8-17(9-11-20)12-19(30)16-28-25(31)15-26-29-23-14-22(27)21(13-24(23)33-26)18-6-4-3-5-7-18/h3-11,13-14H,2,12,15-16H2,1H3,(H,28,31). The highest BCUT2D eigenvalue weighted by atomic mass is 35.5. The van der Waals surface area contributed by atoms with Crippen molar-refractivity contribution in [2.45, 2.75) is 19.8 Å². The van der Waals surface area contributed by atoms with Gasteiger partial charge in [0.05, 0.1) is 34.8 Å². The van der Waals surface area contributed by atoms with E-state index in [9.17, 15) is 9.59 Å². The summed E-state index contributed by atoms with van der Waals surface area (Å²) in [6, 6.07) is 21.2. The molecule has 4 aromatic rings. The average Bonchev–Trinajstić information content (AvgIpc) is 3.20. The highest BCUT2D eigenvalue weighted by Gasteiger charge is 2.13. The zero-order valence-corrected chi connectivity index (χ0v) is 19.7. The van der Waals surface area contributed by atoms with Crippen LogP contribution in [-0.4, -0.2) is 29.8 Å². The van der Waals surface area contributed by atoms with Crippen molar-refractivity contribution < 1.29 is 14.3 Å². The van der Waals surface area contributed by atoms with Gasteiger partial charge >= 0.3 is 0 Å². The number of carbonyl (C=O) groups is 2. The second kappa shape index (κ2) is 10.6. The third-order valence-electron chi connectivity index (χ3n) is 5.04. The molecule has 3 aromatic carbocycles. The Kier molecular flexibility index (Phi) is 7.37. The molecule has 5 nitrogen and oxygen atoms in total. The second-order valence-electron chi connectivity index (χ2n) is 7.52. The van der Waals surface area contributed by atoms with Crippen LogP contribution in [-0.2, 0) is 22.4 Å². The van der Waals surface area contributed by atoms with Crippen molar-refractivity contribution in [2.24, 2.45) is 0 Å². The third kappa shape index (κ3) is 5.97. The number of hydrogen-bond donors (Lipinski definition) is 1. The number of halogens is 1. The summed E-state index contributed by atoms with van der Waals surface area (Å²) in [5, 5.41) is 4.01. The van der Waals surface area contributed by atoms with E-state index in [1.54, 1.807) is 0 Å². The number of carbonyl (C=O) groups excluding carboxylic acids is 2. The van der Waals surface area contributed by atoms with Gasteiger partial charge in [0.1, 0.15) is 10.8 Å². The number of nitrogens with one attached hydrogen (secondary N) is 1. The van der Waals surface area contributed by atoms with E-state index in [-0.39, 0.29) is 31.1 Å². The number of nitrogens with zero attached hydrogens (tertiary/aromatic N) is 1. The summed E-state index contributed by atoms with van der Waals surface area (Å²) in [4.78, 5) is 29.2. The van der Waals surface area contributed by atoms with Gasteiger partial charge in [-0.3, -0.25) is 9.59 Å². The van der Waals surface area contributed by atoms with Gasteiger partial charge in [0, 0.05) is 12.0 Å². The Morgan fingerprint density at radius 3 is 2.52 bits per heavy atom. The van der Waals surface area contributed by atoms with Crippen LogP contribution in [0.15, 0.2) is 66.7 Å². The minimum absolute atomic E-state index is 0.0130. The number of ether oxygens (including phenoxy) is 1. The largest absolute Gasteiger partial charge is 0.494 e. The van der Waals surface area contributed by atoms with E-state index in [1.165, 1.54) is 11.3 Å². The first kappa shape index (κ1) is 23.0. The number of aromatic nitrogens is 1. The zero-order chi connectivity index (χ0) is 23.2. The number of fused-ring (bicyclic) bond motifs is 1. The minimum Gasteiger partial charge on any atom is -0.494 e. The number of rotatable bonds is 9. The van der Waals surface area contributed by atoms with Crippen molar-refractivity contribution >= 4 is 44.8 Å². The van der Waals surface area contributed by atoms with Gasteiger partial charge in [0.15, 0.2) is 5.78 Å². The topological polar surface area (TPSA) is 68.3 Å². The molecule has 33 heavy (non-hydrogen) atoms.